The first-order chi connectivity index (χ1) is 16.6. The van der Waals surface area contributed by atoms with Gasteiger partial charge in [-0.2, -0.15) is 8.42 Å². The number of aromatic amines is 1. The molecule has 9 nitrogen and oxygen atoms in total. The number of benzene rings is 2. The number of ether oxygens (including phenoxy) is 1. The number of anilines is 1. The Morgan fingerprint density at radius 3 is 2.40 bits per heavy atom. The second-order valence-corrected chi connectivity index (χ2v) is 10.4. The smallest absolute Gasteiger partial charge is 0.439 e. The van der Waals surface area contributed by atoms with E-state index in [0.29, 0.717) is 33.6 Å². The van der Waals surface area contributed by atoms with Crippen LogP contribution in [0.4, 0.5) is 5.69 Å². The van der Waals surface area contributed by atoms with Crippen LogP contribution in [0.3, 0.4) is 0 Å². The summed E-state index contributed by atoms with van der Waals surface area (Å²) >= 11 is 6.39. The van der Waals surface area contributed by atoms with Gasteiger partial charge in [0.25, 0.3) is 10.0 Å². The van der Waals surface area contributed by atoms with Gasteiger partial charge in [-0.3, -0.25) is 13.8 Å². The summed E-state index contributed by atoms with van der Waals surface area (Å²) in [5, 5.41) is 3.92. The Morgan fingerprint density at radius 1 is 1.11 bits per heavy atom. The predicted octanol–water partition coefficient (Wildman–Crippen LogP) is 5.08. The lowest BCUT2D eigenvalue weighted by molar-refractivity contribution is 0.306. The van der Waals surface area contributed by atoms with Crippen molar-refractivity contribution < 1.29 is 22.1 Å². The van der Waals surface area contributed by atoms with Crippen LogP contribution in [-0.2, 0) is 16.6 Å². The Hall–Kier alpha value is -3.50. The van der Waals surface area contributed by atoms with Gasteiger partial charge < -0.3 is 9.15 Å². The first-order valence-electron chi connectivity index (χ1n) is 10.8. The molecule has 0 saturated carbocycles. The summed E-state index contributed by atoms with van der Waals surface area (Å²) in [7, 11) is -4.02. The molecule has 0 saturated heterocycles. The van der Waals surface area contributed by atoms with Crippen LogP contribution >= 0.6 is 11.6 Å². The number of sulfonamides is 1. The first kappa shape index (κ1) is 24.6. The van der Waals surface area contributed by atoms with Crippen molar-refractivity contribution in [3.8, 4) is 17.1 Å². The normalized spacial score (nSPS) is 11.7. The first-order valence-corrected chi connectivity index (χ1v) is 12.6. The van der Waals surface area contributed by atoms with Gasteiger partial charge in [-0.1, -0.05) is 41.0 Å². The Balaban J connectivity index is 1.66. The lowest BCUT2D eigenvalue weighted by Crippen LogP contribution is -2.37. The number of nitrogens with zero attached hydrogens (tertiary/aromatic N) is 2. The molecular weight excluding hydrogens is 494 g/mol. The molecule has 35 heavy (non-hydrogen) atoms. The molecule has 4 rings (SSSR count). The summed E-state index contributed by atoms with van der Waals surface area (Å²) in [4.78, 5) is 13.7. The second-order valence-electron chi connectivity index (χ2n) is 8.26. The minimum atomic E-state index is -4.02. The Kier molecular flexibility index (Phi) is 6.77. The van der Waals surface area contributed by atoms with Crippen molar-refractivity contribution >= 4 is 27.3 Å². The van der Waals surface area contributed by atoms with Gasteiger partial charge in [0.1, 0.15) is 18.1 Å². The lowest BCUT2D eigenvalue weighted by Gasteiger charge is -2.29. The number of halogens is 1. The van der Waals surface area contributed by atoms with E-state index in [0.717, 1.165) is 11.1 Å². The Labute approximate surface area is 207 Å². The number of hydrogen-bond donors (Lipinski definition) is 1. The van der Waals surface area contributed by atoms with Gasteiger partial charge in [0.15, 0.2) is 5.82 Å². The largest absolute Gasteiger partial charge is 0.487 e. The second kappa shape index (κ2) is 9.63. The SMILES string of the molecule is Cc1ccc(S(=O)(=O)N(c2cc(Cl)c(C)cc2OCc2ccc(-c3noc(=O)[nH]3)cc2)C(C)C)o1. The van der Waals surface area contributed by atoms with Crippen LogP contribution in [0.1, 0.15) is 30.7 Å². The van der Waals surface area contributed by atoms with E-state index in [1.54, 1.807) is 51.1 Å². The van der Waals surface area contributed by atoms with E-state index < -0.39 is 21.8 Å². The van der Waals surface area contributed by atoms with Gasteiger partial charge in [-0.05, 0) is 63.1 Å². The zero-order chi connectivity index (χ0) is 25.3. The molecule has 4 aromatic rings. The number of furan rings is 1. The minimum Gasteiger partial charge on any atom is -0.487 e. The van der Waals surface area contributed by atoms with Crippen LogP contribution in [-0.4, -0.2) is 24.6 Å². The summed E-state index contributed by atoms with van der Waals surface area (Å²) in [5.74, 6) is 0.539. The molecule has 0 radical (unpaired) electrons. The summed E-state index contributed by atoms with van der Waals surface area (Å²) in [6, 6.07) is 13.0. The molecule has 0 aliphatic carbocycles. The third-order valence-electron chi connectivity index (χ3n) is 5.24. The monoisotopic (exact) mass is 517 g/mol. The van der Waals surface area contributed by atoms with Crippen LogP contribution < -0.4 is 14.8 Å². The van der Waals surface area contributed by atoms with Crippen molar-refractivity contribution in [1.29, 1.82) is 0 Å². The van der Waals surface area contributed by atoms with Gasteiger partial charge in [0.2, 0.25) is 5.09 Å². The molecule has 184 valence electrons. The van der Waals surface area contributed by atoms with Crippen molar-refractivity contribution in [2.45, 2.75) is 45.4 Å². The molecule has 0 atom stereocenters. The Morgan fingerprint density at radius 2 is 1.83 bits per heavy atom. The van der Waals surface area contributed by atoms with Crippen molar-refractivity contribution in [3.05, 3.63) is 81.0 Å². The van der Waals surface area contributed by atoms with Crippen LogP contribution in [0.25, 0.3) is 11.4 Å². The number of hydrogen-bond acceptors (Lipinski definition) is 7. The molecule has 11 heteroatoms. The van der Waals surface area contributed by atoms with E-state index in [9.17, 15) is 13.2 Å². The maximum absolute atomic E-state index is 13.5. The summed E-state index contributed by atoms with van der Waals surface area (Å²) in [6.45, 7) is 7.18. The molecule has 2 heterocycles. The fraction of sp³-hybridized carbons (Fsp3) is 0.250. The molecule has 0 amide bonds. The highest BCUT2D eigenvalue weighted by Gasteiger charge is 2.33. The zero-order valence-electron chi connectivity index (χ0n) is 19.5. The summed E-state index contributed by atoms with van der Waals surface area (Å²) in [6.07, 6.45) is 0. The van der Waals surface area contributed by atoms with Gasteiger partial charge >= 0.3 is 5.76 Å². The average Bonchev–Trinajstić information content (AvgIpc) is 3.44. The van der Waals surface area contributed by atoms with E-state index >= 15 is 0 Å². The van der Waals surface area contributed by atoms with Crippen molar-refractivity contribution in [1.82, 2.24) is 10.1 Å². The van der Waals surface area contributed by atoms with Crippen molar-refractivity contribution in [2.24, 2.45) is 0 Å². The molecule has 0 bridgehead atoms. The highest BCUT2D eigenvalue weighted by Crippen LogP contribution is 2.39. The molecule has 0 fully saturated rings. The molecular formula is C24H24ClN3O6S. The molecule has 0 aliphatic rings. The third-order valence-corrected chi connectivity index (χ3v) is 7.51. The van der Waals surface area contributed by atoms with Crippen LogP contribution in [0.15, 0.2) is 67.4 Å². The summed E-state index contributed by atoms with van der Waals surface area (Å²) in [5.41, 5.74) is 2.54. The van der Waals surface area contributed by atoms with E-state index in [2.05, 4.69) is 14.7 Å². The maximum Gasteiger partial charge on any atom is 0.439 e. The predicted molar refractivity (Wildman–Crippen MR) is 131 cm³/mol. The molecule has 2 aromatic carbocycles. The van der Waals surface area contributed by atoms with Gasteiger partial charge in [0.05, 0.1) is 5.69 Å². The third kappa shape index (κ3) is 5.13. The minimum absolute atomic E-state index is 0.159. The van der Waals surface area contributed by atoms with E-state index in [1.165, 1.54) is 10.4 Å². The van der Waals surface area contributed by atoms with Crippen LogP contribution in [0.5, 0.6) is 5.75 Å². The lowest BCUT2D eigenvalue weighted by atomic mass is 10.1. The number of aryl methyl sites for hydroxylation is 2. The van der Waals surface area contributed by atoms with E-state index in [1.807, 2.05) is 19.1 Å². The molecule has 0 spiro atoms. The van der Waals surface area contributed by atoms with Crippen molar-refractivity contribution in [2.75, 3.05) is 4.31 Å². The fourth-order valence-electron chi connectivity index (χ4n) is 3.54. The standard InChI is InChI=1S/C24H24ClN3O6S/c1-14(2)28(35(30,31)22-10-5-16(4)33-22)20-12-19(25)15(3)11-21(20)32-13-17-6-8-18(9-7-17)23-26-24(29)34-27-23/h5-12,14H,13H2,1-4H3,(H,26,27,29). The maximum atomic E-state index is 13.5. The van der Waals surface area contributed by atoms with Gasteiger partial charge in [-0.25, -0.2) is 4.79 Å². The number of rotatable bonds is 8. The molecule has 2 aromatic heterocycles. The molecule has 0 unspecified atom stereocenters. The topological polar surface area (TPSA) is 119 Å². The highest BCUT2D eigenvalue weighted by atomic mass is 35.5. The number of H-pyrrole nitrogens is 1. The van der Waals surface area contributed by atoms with Gasteiger partial charge in [0, 0.05) is 16.6 Å². The fourth-order valence-corrected chi connectivity index (χ4v) is 5.32. The van der Waals surface area contributed by atoms with Crippen LogP contribution in [0.2, 0.25) is 5.02 Å². The molecule has 0 aliphatic heterocycles. The molecule has 1 N–H and O–H groups in total. The number of aromatic nitrogens is 2. The van der Waals surface area contributed by atoms with E-state index in [4.69, 9.17) is 20.8 Å². The summed E-state index contributed by atoms with van der Waals surface area (Å²) < 4.78 is 44.3. The quantitative estimate of drug-likeness (QED) is 0.346. The number of nitrogens with one attached hydrogen (secondary N) is 1. The van der Waals surface area contributed by atoms with Crippen LogP contribution in [0, 0.1) is 13.8 Å². The highest BCUT2D eigenvalue weighted by molar-refractivity contribution is 7.92. The van der Waals surface area contributed by atoms with Gasteiger partial charge in [-0.15, -0.1) is 0 Å². The van der Waals surface area contributed by atoms with E-state index in [-0.39, 0.29) is 11.7 Å². The average molecular weight is 518 g/mol. The van der Waals surface area contributed by atoms with Crippen molar-refractivity contribution in [3.63, 3.8) is 0 Å². The zero-order valence-corrected chi connectivity index (χ0v) is 21.1. The Bertz CT molecular complexity index is 1500.